The van der Waals surface area contributed by atoms with Gasteiger partial charge in [-0.05, 0) is 12.1 Å². The first kappa shape index (κ1) is 12.5. The van der Waals surface area contributed by atoms with E-state index in [2.05, 4.69) is 15.2 Å². The Bertz CT molecular complexity index is 470. The number of rotatable bonds is 6. The van der Waals surface area contributed by atoms with Gasteiger partial charge in [0.05, 0.1) is 0 Å². The Morgan fingerprint density at radius 3 is 2.89 bits per heavy atom. The van der Waals surface area contributed by atoms with Crippen LogP contribution in [-0.2, 0) is 12.8 Å². The third kappa shape index (κ3) is 3.27. The van der Waals surface area contributed by atoms with Crippen molar-refractivity contribution < 1.29 is 4.42 Å². The van der Waals surface area contributed by atoms with Crippen LogP contribution >= 0.6 is 0 Å². The van der Waals surface area contributed by atoms with Crippen LogP contribution < -0.4 is 10.6 Å². The van der Waals surface area contributed by atoms with E-state index in [0.29, 0.717) is 24.9 Å². The molecule has 6 nitrogen and oxygen atoms in total. The van der Waals surface area contributed by atoms with E-state index in [4.69, 9.17) is 10.2 Å². The van der Waals surface area contributed by atoms with Gasteiger partial charge in [0.1, 0.15) is 0 Å². The van der Waals surface area contributed by atoms with Crippen molar-refractivity contribution in [2.24, 2.45) is 5.73 Å². The summed E-state index contributed by atoms with van der Waals surface area (Å²) in [4.78, 5) is 6.19. The second-order valence-corrected chi connectivity index (χ2v) is 4.01. The molecule has 0 aliphatic rings. The highest BCUT2D eigenvalue weighted by Crippen LogP contribution is 2.11. The normalized spacial score (nSPS) is 10.6. The number of hydrogen-bond donors (Lipinski definition) is 1. The van der Waals surface area contributed by atoms with Gasteiger partial charge in [-0.3, -0.25) is 4.98 Å². The van der Waals surface area contributed by atoms with E-state index in [0.717, 1.165) is 18.7 Å². The number of pyridine rings is 1. The zero-order chi connectivity index (χ0) is 12.8. The Kier molecular flexibility index (Phi) is 4.25. The summed E-state index contributed by atoms with van der Waals surface area (Å²) in [6.45, 7) is 1.29. The van der Waals surface area contributed by atoms with Crippen LogP contribution in [0.25, 0.3) is 0 Å². The SMILES string of the molecule is CN(CCc1ccccn1)c1nnc(CCN)o1. The molecule has 0 saturated heterocycles. The Hall–Kier alpha value is -1.95. The number of nitrogens with zero attached hydrogens (tertiary/aromatic N) is 4. The lowest BCUT2D eigenvalue weighted by molar-refractivity contribution is 0.490. The third-order valence-corrected chi connectivity index (χ3v) is 2.57. The molecule has 2 aromatic rings. The Morgan fingerprint density at radius 2 is 2.17 bits per heavy atom. The summed E-state index contributed by atoms with van der Waals surface area (Å²) in [6.07, 6.45) is 3.24. The van der Waals surface area contributed by atoms with Gasteiger partial charge in [-0.25, -0.2) is 0 Å². The maximum atomic E-state index is 5.48. The van der Waals surface area contributed by atoms with Gasteiger partial charge in [0.2, 0.25) is 5.89 Å². The smallest absolute Gasteiger partial charge is 0.317 e. The maximum absolute atomic E-state index is 5.48. The van der Waals surface area contributed by atoms with Gasteiger partial charge >= 0.3 is 6.01 Å². The number of anilines is 1. The van der Waals surface area contributed by atoms with Crippen molar-refractivity contribution in [3.05, 3.63) is 36.0 Å². The average molecular weight is 247 g/mol. The van der Waals surface area contributed by atoms with Gasteiger partial charge in [-0.15, -0.1) is 5.10 Å². The van der Waals surface area contributed by atoms with Crippen LogP contribution in [0, 0.1) is 0 Å². The number of hydrogen-bond acceptors (Lipinski definition) is 6. The van der Waals surface area contributed by atoms with E-state index in [1.165, 1.54) is 0 Å². The minimum Gasteiger partial charge on any atom is -0.408 e. The molecule has 0 radical (unpaired) electrons. The third-order valence-electron chi connectivity index (χ3n) is 2.57. The topological polar surface area (TPSA) is 81.1 Å². The first-order valence-corrected chi connectivity index (χ1v) is 5.93. The van der Waals surface area contributed by atoms with E-state index in [1.807, 2.05) is 30.1 Å². The largest absolute Gasteiger partial charge is 0.408 e. The maximum Gasteiger partial charge on any atom is 0.317 e. The summed E-state index contributed by atoms with van der Waals surface area (Å²) in [6, 6.07) is 6.41. The van der Waals surface area contributed by atoms with Crippen molar-refractivity contribution in [2.45, 2.75) is 12.8 Å². The van der Waals surface area contributed by atoms with E-state index in [9.17, 15) is 0 Å². The summed E-state index contributed by atoms with van der Waals surface area (Å²) in [5.41, 5.74) is 6.48. The molecule has 0 atom stereocenters. The molecular weight excluding hydrogens is 230 g/mol. The lowest BCUT2D eigenvalue weighted by Crippen LogP contribution is -2.20. The summed E-state index contributed by atoms with van der Waals surface area (Å²) < 4.78 is 5.48. The highest BCUT2D eigenvalue weighted by atomic mass is 16.4. The molecule has 0 unspecified atom stereocenters. The molecule has 0 spiro atoms. The van der Waals surface area contributed by atoms with E-state index in [1.54, 1.807) is 6.20 Å². The molecule has 0 aliphatic heterocycles. The first-order chi connectivity index (χ1) is 8.79. The lowest BCUT2D eigenvalue weighted by Gasteiger charge is -2.12. The van der Waals surface area contributed by atoms with Crippen molar-refractivity contribution in [3.8, 4) is 0 Å². The fraction of sp³-hybridized carbons (Fsp3) is 0.417. The zero-order valence-corrected chi connectivity index (χ0v) is 10.4. The molecule has 0 aromatic carbocycles. The van der Waals surface area contributed by atoms with Crippen LogP contribution in [-0.4, -0.2) is 35.3 Å². The summed E-state index contributed by atoms with van der Waals surface area (Å²) in [5, 5.41) is 7.91. The van der Waals surface area contributed by atoms with Gasteiger partial charge in [0.15, 0.2) is 0 Å². The molecule has 96 valence electrons. The second-order valence-electron chi connectivity index (χ2n) is 4.01. The zero-order valence-electron chi connectivity index (χ0n) is 10.4. The first-order valence-electron chi connectivity index (χ1n) is 5.93. The molecule has 2 aromatic heterocycles. The number of nitrogens with two attached hydrogens (primary N) is 1. The fourth-order valence-electron chi connectivity index (χ4n) is 1.55. The van der Waals surface area contributed by atoms with Gasteiger partial charge < -0.3 is 15.1 Å². The van der Waals surface area contributed by atoms with Gasteiger partial charge in [-0.2, -0.15) is 0 Å². The average Bonchev–Trinajstić information content (AvgIpc) is 2.86. The number of likely N-dealkylation sites (N-methyl/N-ethyl adjacent to an activating group) is 1. The quantitative estimate of drug-likeness (QED) is 0.807. The summed E-state index contributed by atoms with van der Waals surface area (Å²) in [5.74, 6) is 0.581. The van der Waals surface area contributed by atoms with Crippen LogP contribution in [0.2, 0.25) is 0 Å². The Morgan fingerprint density at radius 1 is 1.28 bits per heavy atom. The predicted octanol–water partition coefficient (Wildman–Crippen LogP) is 0.645. The monoisotopic (exact) mass is 247 g/mol. The van der Waals surface area contributed by atoms with Gasteiger partial charge in [0.25, 0.3) is 0 Å². The standard InChI is InChI=1S/C12H17N5O/c1-17(9-6-10-4-2-3-8-14-10)12-16-15-11(18-12)5-7-13/h2-4,8H,5-7,9,13H2,1H3. The Balaban J connectivity index is 1.89. The molecule has 0 fully saturated rings. The molecule has 2 heterocycles. The van der Waals surface area contributed by atoms with Crippen LogP contribution in [0.1, 0.15) is 11.6 Å². The Labute approximate surface area is 106 Å². The van der Waals surface area contributed by atoms with Crippen molar-refractivity contribution in [1.82, 2.24) is 15.2 Å². The second kappa shape index (κ2) is 6.11. The highest BCUT2D eigenvalue weighted by molar-refractivity contribution is 5.22. The fourth-order valence-corrected chi connectivity index (χ4v) is 1.55. The molecule has 0 bridgehead atoms. The van der Waals surface area contributed by atoms with Crippen LogP contribution in [0.5, 0.6) is 0 Å². The molecule has 2 rings (SSSR count). The van der Waals surface area contributed by atoms with Crippen molar-refractivity contribution in [3.63, 3.8) is 0 Å². The van der Waals surface area contributed by atoms with E-state index in [-0.39, 0.29) is 0 Å². The van der Waals surface area contributed by atoms with Crippen LogP contribution in [0.3, 0.4) is 0 Å². The number of aromatic nitrogens is 3. The van der Waals surface area contributed by atoms with Crippen molar-refractivity contribution in [1.29, 1.82) is 0 Å². The highest BCUT2D eigenvalue weighted by Gasteiger charge is 2.10. The minimum atomic E-state index is 0.513. The minimum absolute atomic E-state index is 0.513. The van der Waals surface area contributed by atoms with Gasteiger partial charge in [-0.1, -0.05) is 11.2 Å². The molecule has 0 saturated carbocycles. The van der Waals surface area contributed by atoms with Crippen molar-refractivity contribution >= 4 is 6.01 Å². The van der Waals surface area contributed by atoms with Crippen LogP contribution in [0.4, 0.5) is 6.01 Å². The van der Waals surface area contributed by atoms with E-state index < -0.39 is 0 Å². The lowest BCUT2D eigenvalue weighted by atomic mass is 10.2. The molecule has 2 N–H and O–H groups in total. The predicted molar refractivity (Wildman–Crippen MR) is 68.3 cm³/mol. The van der Waals surface area contributed by atoms with Crippen molar-refractivity contribution in [2.75, 3.05) is 25.0 Å². The molecular formula is C12H17N5O. The molecule has 18 heavy (non-hydrogen) atoms. The summed E-state index contributed by atoms with van der Waals surface area (Å²) in [7, 11) is 1.92. The summed E-state index contributed by atoms with van der Waals surface area (Å²) >= 11 is 0. The molecule has 0 amide bonds. The van der Waals surface area contributed by atoms with E-state index >= 15 is 0 Å². The van der Waals surface area contributed by atoms with Crippen LogP contribution in [0.15, 0.2) is 28.8 Å². The van der Waals surface area contributed by atoms with Gasteiger partial charge in [0, 0.05) is 44.9 Å². The molecule has 0 aliphatic carbocycles. The molecule has 6 heteroatoms.